The van der Waals surface area contributed by atoms with Crippen LogP contribution in [0.5, 0.6) is 5.75 Å². The first kappa shape index (κ1) is 17.6. The number of carbonyl (C=O) groups excluding carboxylic acids is 1. The number of carbonyl (C=O) groups is 1. The van der Waals surface area contributed by atoms with E-state index in [4.69, 9.17) is 9.47 Å². The summed E-state index contributed by atoms with van der Waals surface area (Å²) >= 11 is 0. The van der Waals surface area contributed by atoms with Gasteiger partial charge in [-0.05, 0) is 41.9 Å². The molecule has 5 heteroatoms. The molecular weight excluding hydrogens is 332 g/mol. The summed E-state index contributed by atoms with van der Waals surface area (Å²) in [6, 6.07) is 4.12. The number of benzene rings is 1. The van der Waals surface area contributed by atoms with Crippen molar-refractivity contribution in [3.63, 3.8) is 0 Å². The van der Waals surface area contributed by atoms with Crippen molar-refractivity contribution in [2.24, 2.45) is 0 Å². The highest BCUT2D eigenvalue weighted by Crippen LogP contribution is 2.57. The average Bonchev–Trinajstić information content (AvgIpc) is 2.99. The van der Waals surface area contributed by atoms with E-state index in [0.29, 0.717) is 24.3 Å². The SMILES string of the molecule is COc1c(C(C)C)ccc2c1CC[C@@]1(O)C3=C(C(=O)OC3)[C@@H](O)C[C@]21C. The van der Waals surface area contributed by atoms with Gasteiger partial charge in [-0.15, -0.1) is 0 Å². The Morgan fingerprint density at radius 3 is 2.73 bits per heavy atom. The largest absolute Gasteiger partial charge is 0.496 e. The Morgan fingerprint density at radius 1 is 1.35 bits per heavy atom. The number of aliphatic hydroxyl groups excluding tert-OH is 1. The number of cyclic esters (lactones) is 1. The molecule has 3 atom stereocenters. The molecule has 140 valence electrons. The number of ether oxygens (including phenoxy) is 2. The summed E-state index contributed by atoms with van der Waals surface area (Å²) in [4.78, 5) is 12.0. The number of aliphatic hydroxyl groups is 2. The van der Waals surface area contributed by atoms with Crippen LogP contribution in [0.2, 0.25) is 0 Å². The van der Waals surface area contributed by atoms with Crippen molar-refractivity contribution in [3.8, 4) is 5.75 Å². The predicted molar refractivity (Wildman–Crippen MR) is 96.3 cm³/mol. The third-order valence-corrected chi connectivity index (χ3v) is 6.69. The van der Waals surface area contributed by atoms with Gasteiger partial charge in [-0.3, -0.25) is 0 Å². The summed E-state index contributed by atoms with van der Waals surface area (Å²) in [6.07, 6.45) is 0.504. The Bertz CT molecular complexity index is 824. The van der Waals surface area contributed by atoms with Crippen molar-refractivity contribution in [2.75, 3.05) is 13.7 Å². The summed E-state index contributed by atoms with van der Waals surface area (Å²) in [7, 11) is 1.68. The van der Waals surface area contributed by atoms with Crippen molar-refractivity contribution in [1.82, 2.24) is 0 Å². The van der Waals surface area contributed by atoms with E-state index in [1.54, 1.807) is 7.11 Å². The predicted octanol–water partition coefficient (Wildman–Crippen LogP) is 2.37. The molecule has 0 spiro atoms. The van der Waals surface area contributed by atoms with Crippen molar-refractivity contribution < 1.29 is 24.5 Å². The minimum Gasteiger partial charge on any atom is -0.496 e. The number of methoxy groups -OCH3 is 1. The lowest BCUT2D eigenvalue weighted by molar-refractivity contribution is -0.136. The Morgan fingerprint density at radius 2 is 2.08 bits per heavy atom. The first-order valence-electron chi connectivity index (χ1n) is 9.26. The maximum atomic E-state index is 12.0. The van der Waals surface area contributed by atoms with Gasteiger partial charge in [0.15, 0.2) is 0 Å². The zero-order valence-corrected chi connectivity index (χ0v) is 15.8. The van der Waals surface area contributed by atoms with Crippen LogP contribution in [0.15, 0.2) is 23.3 Å². The van der Waals surface area contributed by atoms with Crippen LogP contribution in [0.3, 0.4) is 0 Å². The number of rotatable bonds is 2. The molecule has 1 heterocycles. The first-order valence-corrected chi connectivity index (χ1v) is 9.26. The van der Waals surface area contributed by atoms with Gasteiger partial charge in [0.2, 0.25) is 0 Å². The van der Waals surface area contributed by atoms with Gasteiger partial charge in [0, 0.05) is 11.0 Å². The van der Waals surface area contributed by atoms with Crippen molar-refractivity contribution >= 4 is 5.97 Å². The molecule has 5 nitrogen and oxygen atoms in total. The second kappa shape index (κ2) is 5.57. The summed E-state index contributed by atoms with van der Waals surface area (Å²) in [6.45, 7) is 6.31. The molecule has 0 fully saturated rings. The van der Waals surface area contributed by atoms with Gasteiger partial charge in [-0.25, -0.2) is 4.79 Å². The van der Waals surface area contributed by atoms with Gasteiger partial charge in [-0.2, -0.15) is 0 Å². The highest BCUT2D eigenvalue weighted by molar-refractivity contribution is 5.94. The van der Waals surface area contributed by atoms with E-state index in [2.05, 4.69) is 26.0 Å². The molecule has 0 radical (unpaired) electrons. The summed E-state index contributed by atoms with van der Waals surface area (Å²) in [5.74, 6) is 0.714. The third kappa shape index (κ3) is 2.01. The molecule has 0 saturated heterocycles. The van der Waals surface area contributed by atoms with Gasteiger partial charge in [0.25, 0.3) is 0 Å². The van der Waals surface area contributed by atoms with Gasteiger partial charge < -0.3 is 19.7 Å². The molecule has 1 aromatic carbocycles. The molecule has 0 unspecified atom stereocenters. The molecule has 2 aliphatic carbocycles. The minimum atomic E-state index is -1.19. The Hall–Kier alpha value is -1.85. The standard InChI is InChI=1S/C21H26O5/c1-11(2)12-5-6-14-13(18(12)25-4)7-8-21(24)15-10-26-19(23)17(15)16(22)9-20(14,21)3/h5-6,11,16,22,24H,7-10H2,1-4H3/t16-,20+,21+/m0/s1. The molecule has 3 aliphatic rings. The smallest absolute Gasteiger partial charge is 0.337 e. The van der Waals surface area contributed by atoms with E-state index in [-0.39, 0.29) is 18.6 Å². The van der Waals surface area contributed by atoms with Gasteiger partial charge in [-0.1, -0.05) is 32.9 Å². The van der Waals surface area contributed by atoms with Crippen molar-refractivity contribution in [2.45, 2.75) is 63.1 Å². The third-order valence-electron chi connectivity index (χ3n) is 6.69. The normalized spacial score (nSPS) is 32.9. The fraction of sp³-hybridized carbons (Fsp3) is 0.571. The summed E-state index contributed by atoms with van der Waals surface area (Å²) in [5.41, 5.74) is 2.18. The maximum absolute atomic E-state index is 12.0. The number of hydrogen-bond donors (Lipinski definition) is 2. The molecule has 1 aromatic rings. The van der Waals surface area contributed by atoms with Crippen LogP contribution >= 0.6 is 0 Å². The highest BCUT2D eigenvalue weighted by atomic mass is 16.5. The highest BCUT2D eigenvalue weighted by Gasteiger charge is 2.60. The summed E-state index contributed by atoms with van der Waals surface area (Å²) in [5, 5.41) is 22.4. The van der Waals surface area contributed by atoms with Crippen LogP contribution in [0.4, 0.5) is 0 Å². The topological polar surface area (TPSA) is 76.0 Å². The Kier molecular flexibility index (Phi) is 3.76. The molecule has 0 bridgehead atoms. The zero-order chi connectivity index (χ0) is 18.9. The van der Waals surface area contributed by atoms with Gasteiger partial charge in [0.1, 0.15) is 12.4 Å². The van der Waals surface area contributed by atoms with Crippen molar-refractivity contribution in [3.05, 3.63) is 40.0 Å². The van der Waals surface area contributed by atoms with E-state index >= 15 is 0 Å². The van der Waals surface area contributed by atoms with E-state index in [1.165, 1.54) is 0 Å². The van der Waals surface area contributed by atoms with Crippen LogP contribution in [0, 0.1) is 0 Å². The molecule has 26 heavy (non-hydrogen) atoms. The van der Waals surface area contributed by atoms with Crippen LogP contribution < -0.4 is 4.74 Å². The van der Waals surface area contributed by atoms with E-state index in [9.17, 15) is 15.0 Å². The number of esters is 1. The van der Waals surface area contributed by atoms with E-state index in [0.717, 1.165) is 22.4 Å². The fourth-order valence-electron chi connectivity index (χ4n) is 5.26. The average molecular weight is 358 g/mol. The lowest BCUT2D eigenvalue weighted by Gasteiger charge is -2.53. The zero-order valence-electron chi connectivity index (χ0n) is 15.8. The van der Waals surface area contributed by atoms with Gasteiger partial charge >= 0.3 is 5.97 Å². The quantitative estimate of drug-likeness (QED) is 0.794. The summed E-state index contributed by atoms with van der Waals surface area (Å²) < 4.78 is 10.9. The second-order valence-electron chi connectivity index (χ2n) is 8.25. The maximum Gasteiger partial charge on any atom is 0.337 e. The van der Waals surface area contributed by atoms with Crippen LogP contribution in [-0.4, -0.2) is 41.6 Å². The number of fused-ring (bicyclic) bond motifs is 4. The first-order chi connectivity index (χ1) is 12.2. The minimum absolute atomic E-state index is 0.0634. The number of hydrogen-bond acceptors (Lipinski definition) is 5. The van der Waals surface area contributed by atoms with E-state index < -0.39 is 23.1 Å². The van der Waals surface area contributed by atoms with Gasteiger partial charge in [0.05, 0.1) is 24.4 Å². The lowest BCUT2D eigenvalue weighted by Crippen LogP contribution is -2.59. The fourth-order valence-corrected chi connectivity index (χ4v) is 5.26. The lowest BCUT2D eigenvalue weighted by atomic mass is 9.53. The molecular formula is C21H26O5. The molecule has 1 aliphatic heterocycles. The monoisotopic (exact) mass is 358 g/mol. The molecule has 0 saturated carbocycles. The van der Waals surface area contributed by atoms with Crippen LogP contribution in [0.25, 0.3) is 0 Å². The Balaban J connectivity index is 1.94. The second-order valence-corrected chi connectivity index (χ2v) is 8.25. The molecule has 2 N–H and O–H groups in total. The molecule has 4 rings (SSSR count). The van der Waals surface area contributed by atoms with E-state index in [1.807, 2.05) is 6.92 Å². The molecule has 0 aromatic heterocycles. The Labute approximate surface area is 153 Å². The van der Waals surface area contributed by atoms with Crippen molar-refractivity contribution in [1.29, 1.82) is 0 Å². The molecule has 0 amide bonds. The van der Waals surface area contributed by atoms with Crippen LogP contribution in [0.1, 0.15) is 56.2 Å². The van der Waals surface area contributed by atoms with Crippen LogP contribution in [-0.2, 0) is 21.4 Å².